The van der Waals surface area contributed by atoms with Crippen LogP contribution in [0.25, 0.3) is 0 Å². The summed E-state index contributed by atoms with van der Waals surface area (Å²) in [6.45, 7) is 0.927. The van der Waals surface area contributed by atoms with E-state index in [0.717, 1.165) is 12.5 Å². The number of ether oxygens (including phenoxy) is 1. The Labute approximate surface area is 88.5 Å². The maximum Gasteiger partial charge on any atom is 0.322 e. The Morgan fingerprint density at radius 3 is 2.60 bits per heavy atom. The monoisotopic (exact) mass is 209 g/mol. The number of rotatable bonds is 5. The summed E-state index contributed by atoms with van der Waals surface area (Å²) < 4.78 is 4.98. The lowest BCUT2D eigenvalue weighted by molar-refractivity contribution is 0.379. The van der Waals surface area contributed by atoms with Gasteiger partial charge in [0.05, 0.1) is 7.11 Å². The van der Waals surface area contributed by atoms with Crippen LogP contribution in [-0.4, -0.2) is 35.7 Å². The molecule has 0 bridgehead atoms. The minimum atomic E-state index is 0.327. The van der Waals surface area contributed by atoms with E-state index in [2.05, 4.69) is 25.6 Å². The van der Waals surface area contributed by atoms with Gasteiger partial charge in [-0.05, 0) is 18.8 Å². The molecule has 0 aromatic carbocycles. The van der Waals surface area contributed by atoms with E-state index in [1.165, 1.54) is 12.8 Å². The number of anilines is 2. The van der Waals surface area contributed by atoms with Crippen molar-refractivity contribution in [3.8, 4) is 6.01 Å². The number of hydrogen-bond acceptors (Lipinski definition) is 6. The summed E-state index contributed by atoms with van der Waals surface area (Å²) in [4.78, 5) is 12.3. The summed E-state index contributed by atoms with van der Waals surface area (Å²) in [6, 6.07) is 0.327. The highest BCUT2D eigenvalue weighted by atomic mass is 16.5. The first-order chi connectivity index (χ1) is 7.31. The predicted molar refractivity (Wildman–Crippen MR) is 57.1 cm³/mol. The van der Waals surface area contributed by atoms with Crippen molar-refractivity contribution in [3.63, 3.8) is 0 Å². The molecule has 2 rings (SSSR count). The molecule has 1 aliphatic rings. The molecule has 1 saturated carbocycles. The van der Waals surface area contributed by atoms with Gasteiger partial charge in [-0.2, -0.15) is 15.0 Å². The van der Waals surface area contributed by atoms with Crippen molar-refractivity contribution >= 4 is 11.9 Å². The first kappa shape index (κ1) is 9.95. The molecule has 1 aromatic rings. The van der Waals surface area contributed by atoms with Gasteiger partial charge >= 0.3 is 6.01 Å². The first-order valence-electron chi connectivity index (χ1n) is 5.03. The molecule has 1 aromatic heterocycles. The van der Waals surface area contributed by atoms with Crippen LogP contribution in [0.3, 0.4) is 0 Å². The quantitative estimate of drug-likeness (QED) is 0.745. The summed E-state index contributed by atoms with van der Waals surface area (Å²) in [5, 5.41) is 6.04. The normalized spacial score (nSPS) is 14.8. The zero-order valence-electron chi connectivity index (χ0n) is 8.95. The van der Waals surface area contributed by atoms with Crippen molar-refractivity contribution in [2.75, 3.05) is 31.3 Å². The zero-order chi connectivity index (χ0) is 10.7. The van der Waals surface area contributed by atoms with Gasteiger partial charge in [-0.25, -0.2) is 0 Å². The Bertz CT molecular complexity index is 317. The van der Waals surface area contributed by atoms with Crippen molar-refractivity contribution in [1.29, 1.82) is 0 Å². The van der Waals surface area contributed by atoms with Crippen LogP contribution in [0.5, 0.6) is 6.01 Å². The van der Waals surface area contributed by atoms with Gasteiger partial charge in [0.25, 0.3) is 0 Å². The van der Waals surface area contributed by atoms with Crippen molar-refractivity contribution in [2.45, 2.75) is 12.8 Å². The molecule has 0 unspecified atom stereocenters. The molecule has 0 atom stereocenters. The molecular weight excluding hydrogens is 194 g/mol. The third kappa shape index (κ3) is 2.68. The number of nitrogens with zero attached hydrogens (tertiary/aromatic N) is 3. The second kappa shape index (κ2) is 4.29. The highest BCUT2D eigenvalue weighted by Gasteiger charge is 2.21. The molecule has 1 fully saturated rings. The highest BCUT2D eigenvalue weighted by Crippen LogP contribution is 2.28. The molecule has 82 valence electrons. The first-order valence-corrected chi connectivity index (χ1v) is 5.03. The molecule has 0 amide bonds. The smallest absolute Gasteiger partial charge is 0.322 e. The molecule has 1 aliphatic carbocycles. The Balaban J connectivity index is 2.06. The van der Waals surface area contributed by atoms with E-state index in [-0.39, 0.29) is 0 Å². The largest absolute Gasteiger partial charge is 0.467 e. The van der Waals surface area contributed by atoms with Crippen LogP contribution in [0.15, 0.2) is 0 Å². The molecule has 0 saturated heterocycles. The molecular formula is C9H15N5O. The fourth-order valence-electron chi connectivity index (χ4n) is 1.20. The van der Waals surface area contributed by atoms with E-state index in [1.807, 2.05) is 0 Å². The Hall–Kier alpha value is -1.59. The molecule has 6 nitrogen and oxygen atoms in total. The van der Waals surface area contributed by atoms with Crippen LogP contribution >= 0.6 is 0 Å². The number of aromatic nitrogens is 3. The number of nitrogens with one attached hydrogen (secondary N) is 2. The van der Waals surface area contributed by atoms with Crippen LogP contribution in [0, 0.1) is 5.92 Å². The topological polar surface area (TPSA) is 72.0 Å². The summed E-state index contributed by atoms with van der Waals surface area (Å²) in [6.07, 6.45) is 2.60. The third-order valence-corrected chi connectivity index (χ3v) is 2.27. The molecule has 6 heteroatoms. The SMILES string of the molecule is CNc1nc(NCC2CC2)nc(OC)n1. The predicted octanol–water partition coefficient (Wildman–Crippen LogP) is 0.744. The zero-order valence-corrected chi connectivity index (χ0v) is 8.95. The summed E-state index contributed by atoms with van der Waals surface area (Å²) in [5.74, 6) is 1.86. The molecule has 1 heterocycles. The summed E-state index contributed by atoms with van der Waals surface area (Å²) >= 11 is 0. The standard InChI is InChI=1S/C9H15N5O/c1-10-7-12-8(11-5-6-3-4-6)14-9(13-7)15-2/h6H,3-5H2,1-2H3,(H2,10,11,12,13,14). The lowest BCUT2D eigenvalue weighted by Crippen LogP contribution is -2.10. The maximum absolute atomic E-state index is 4.98. The number of hydrogen-bond donors (Lipinski definition) is 2. The highest BCUT2D eigenvalue weighted by molar-refractivity contribution is 5.35. The van der Waals surface area contributed by atoms with Crippen LogP contribution in [0.4, 0.5) is 11.9 Å². The van der Waals surface area contributed by atoms with E-state index < -0.39 is 0 Å². The van der Waals surface area contributed by atoms with Crippen molar-refractivity contribution < 1.29 is 4.74 Å². The van der Waals surface area contributed by atoms with E-state index in [0.29, 0.717) is 17.9 Å². The summed E-state index contributed by atoms with van der Waals surface area (Å²) in [5.41, 5.74) is 0. The molecule has 0 aliphatic heterocycles. The van der Waals surface area contributed by atoms with Gasteiger partial charge in [0.15, 0.2) is 0 Å². The second-order valence-electron chi connectivity index (χ2n) is 3.54. The van der Waals surface area contributed by atoms with Gasteiger partial charge < -0.3 is 15.4 Å². The van der Waals surface area contributed by atoms with Crippen LogP contribution in [-0.2, 0) is 0 Å². The summed E-state index contributed by atoms with van der Waals surface area (Å²) in [7, 11) is 3.30. The van der Waals surface area contributed by atoms with Crippen molar-refractivity contribution in [3.05, 3.63) is 0 Å². The van der Waals surface area contributed by atoms with Gasteiger partial charge in [0, 0.05) is 13.6 Å². The van der Waals surface area contributed by atoms with E-state index >= 15 is 0 Å². The average Bonchev–Trinajstić information content (AvgIpc) is 3.09. The Kier molecular flexibility index (Phi) is 2.84. The fraction of sp³-hybridized carbons (Fsp3) is 0.667. The lowest BCUT2D eigenvalue weighted by atomic mass is 10.4. The van der Waals surface area contributed by atoms with Crippen LogP contribution < -0.4 is 15.4 Å². The van der Waals surface area contributed by atoms with Crippen molar-refractivity contribution in [2.24, 2.45) is 5.92 Å². The molecule has 2 N–H and O–H groups in total. The van der Waals surface area contributed by atoms with Crippen LogP contribution in [0.2, 0.25) is 0 Å². The van der Waals surface area contributed by atoms with Gasteiger partial charge in [-0.15, -0.1) is 0 Å². The van der Waals surface area contributed by atoms with Crippen molar-refractivity contribution in [1.82, 2.24) is 15.0 Å². The van der Waals surface area contributed by atoms with E-state index in [1.54, 1.807) is 14.2 Å². The Morgan fingerprint density at radius 2 is 2.00 bits per heavy atom. The van der Waals surface area contributed by atoms with E-state index in [4.69, 9.17) is 4.74 Å². The maximum atomic E-state index is 4.98. The minimum Gasteiger partial charge on any atom is -0.467 e. The minimum absolute atomic E-state index is 0.327. The number of methoxy groups -OCH3 is 1. The fourth-order valence-corrected chi connectivity index (χ4v) is 1.20. The van der Waals surface area contributed by atoms with Crippen LogP contribution in [0.1, 0.15) is 12.8 Å². The average molecular weight is 209 g/mol. The van der Waals surface area contributed by atoms with Gasteiger partial charge in [0.2, 0.25) is 11.9 Å². The van der Waals surface area contributed by atoms with E-state index in [9.17, 15) is 0 Å². The molecule has 15 heavy (non-hydrogen) atoms. The second-order valence-corrected chi connectivity index (χ2v) is 3.54. The molecule has 0 radical (unpaired) electrons. The van der Waals surface area contributed by atoms with Gasteiger partial charge in [0.1, 0.15) is 0 Å². The lowest BCUT2D eigenvalue weighted by Gasteiger charge is -2.06. The Morgan fingerprint density at radius 1 is 1.27 bits per heavy atom. The molecule has 0 spiro atoms. The third-order valence-electron chi connectivity index (χ3n) is 2.27. The van der Waals surface area contributed by atoms with Gasteiger partial charge in [-0.3, -0.25) is 0 Å². The van der Waals surface area contributed by atoms with Gasteiger partial charge in [-0.1, -0.05) is 0 Å².